The van der Waals surface area contributed by atoms with Crippen molar-refractivity contribution >= 4 is 11.9 Å². The van der Waals surface area contributed by atoms with Gasteiger partial charge in [0.2, 0.25) is 0 Å². The number of ether oxygens (including phenoxy) is 3. The van der Waals surface area contributed by atoms with E-state index in [1.807, 2.05) is 0 Å². The van der Waals surface area contributed by atoms with Gasteiger partial charge in [0.1, 0.15) is 6.61 Å². The molecule has 1 unspecified atom stereocenters. The monoisotopic (exact) mass is 809 g/mol. The molecule has 0 fully saturated rings. The molecule has 0 rings (SSSR count). The average molecular weight is 809 g/mol. The van der Waals surface area contributed by atoms with E-state index in [0.29, 0.717) is 19.4 Å². The van der Waals surface area contributed by atoms with Crippen LogP contribution in [0.15, 0.2) is 72.9 Å². The predicted octanol–water partition coefficient (Wildman–Crippen LogP) is 16.3. The molecule has 0 saturated carbocycles. The van der Waals surface area contributed by atoms with Crippen LogP contribution >= 0.6 is 0 Å². The van der Waals surface area contributed by atoms with Crippen LogP contribution < -0.4 is 0 Å². The fourth-order valence-electron chi connectivity index (χ4n) is 6.59. The molecule has 0 aromatic carbocycles. The van der Waals surface area contributed by atoms with E-state index in [-0.39, 0.29) is 25.2 Å². The first-order chi connectivity index (χ1) is 28.6. The molecule has 58 heavy (non-hydrogen) atoms. The second-order valence-electron chi connectivity index (χ2n) is 16.0. The van der Waals surface area contributed by atoms with Crippen LogP contribution in [0, 0.1) is 0 Å². The van der Waals surface area contributed by atoms with Gasteiger partial charge in [-0.25, -0.2) is 0 Å². The molecule has 0 aliphatic carbocycles. The van der Waals surface area contributed by atoms with Crippen molar-refractivity contribution in [1.29, 1.82) is 0 Å². The summed E-state index contributed by atoms with van der Waals surface area (Å²) in [5.74, 6) is -0.429. The van der Waals surface area contributed by atoms with Gasteiger partial charge in [-0.1, -0.05) is 196 Å². The molecule has 0 aromatic rings. The number of hydrogen-bond acceptors (Lipinski definition) is 5. The standard InChI is InChI=1S/C53H92O5/c1-4-7-10-13-16-19-21-23-25-26-27-28-30-31-33-35-37-40-43-46-52(54)57-50-51(49-56-48-45-42-39-18-15-12-9-6-3)58-53(55)47-44-41-38-36-34-32-29-24-22-20-17-14-11-8-5-2/h7,10,16-17,19-20,23-25,27-29,51H,4-6,8-9,11-15,18,21-22,26,30-50H2,1-3H3/b10-7-,19-16-,20-17-,25-23-,28-27-,29-24-. The number of esters is 2. The maximum absolute atomic E-state index is 12.7. The summed E-state index contributed by atoms with van der Waals surface area (Å²) in [5, 5.41) is 0. The fourth-order valence-corrected chi connectivity index (χ4v) is 6.59. The van der Waals surface area contributed by atoms with E-state index in [4.69, 9.17) is 14.2 Å². The molecule has 0 bridgehead atoms. The maximum atomic E-state index is 12.7. The van der Waals surface area contributed by atoms with E-state index < -0.39 is 6.10 Å². The lowest BCUT2D eigenvalue weighted by atomic mass is 10.1. The van der Waals surface area contributed by atoms with E-state index >= 15 is 0 Å². The van der Waals surface area contributed by atoms with Gasteiger partial charge in [0.25, 0.3) is 0 Å². The molecule has 5 heteroatoms. The lowest BCUT2D eigenvalue weighted by Crippen LogP contribution is -2.30. The van der Waals surface area contributed by atoms with Crippen molar-refractivity contribution < 1.29 is 23.8 Å². The number of rotatable bonds is 44. The molecule has 0 N–H and O–H groups in total. The molecule has 0 saturated heterocycles. The highest BCUT2D eigenvalue weighted by molar-refractivity contribution is 5.70. The van der Waals surface area contributed by atoms with Crippen LogP contribution in [0.25, 0.3) is 0 Å². The van der Waals surface area contributed by atoms with Crippen molar-refractivity contribution in [2.75, 3.05) is 19.8 Å². The van der Waals surface area contributed by atoms with Crippen molar-refractivity contribution in [3.8, 4) is 0 Å². The van der Waals surface area contributed by atoms with Gasteiger partial charge in [0.15, 0.2) is 6.10 Å². The first-order valence-electron chi connectivity index (χ1n) is 24.5. The van der Waals surface area contributed by atoms with Crippen molar-refractivity contribution in [2.24, 2.45) is 0 Å². The summed E-state index contributed by atoms with van der Waals surface area (Å²) in [6.45, 7) is 7.65. The Kier molecular flexibility index (Phi) is 46.5. The van der Waals surface area contributed by atoms with E-state index in [1.54, 1.807) is 0 Å². The Bertz CT molecular complexity index is 1050. The smallest absolute Gasteiger partial charge is 0.306 e. The minimum Gasteiger partial charge on any atom is -0.462 e. The largest absolute Gasteiger partial charge is 0.462 e. The molecule has 0 heterocycles. The second-order valence-corrected chi connectivity index (χ2v) is 16.0. The minimum absolute atomic E-state index is 0.0709. The molecule has 0 radical (unpaired) electrons. The lowest BCUT2D eigenvalue weighted by molar-refractivity contribution is -0.163. The maximum Gasteiger partial charge on any atom is 0.306 e. The van der Waals surface area contributed by atoms with E-state index in [0.717, 1.165) is 96.3 Å². The van der Waals surface area contributed by atoms with Gasteiger partial charge in [0, 0.05) is 19.4 Å². The molecule has 0 aliphatic rings. The number of carbonyl (C=O) groups excluding carboxylic acids is 2. The van der Waals surface area contributed by atoms with Crippen LogP contribution in [0.5, 0.6) is 0 Å². The zero-order chi connectivity index (χ0) is 42.1. The molecule has 0 aromatic heterocycles. The van der Waals surface area contributed by atoms with Crippen molar-refractivity contribution in [1.82, 2.24) is 0 Å². The van der Waals surface area contributed by atoms with Crippen LogP contribution in [-0.2, 0) is 23.8 Å². The summed E-state index contributed by atoms with van der Waals surface area (Å²) in [4.78, 5) is 25.3. The Morgan fingerprint density at radius 2 is 0.776 bits per heavy atom. The Morgan fingerprint density at radius 3 is 1.28 bits per heavy atom. The Morgan fingerprint density at radius 1 is 0.397 bits per heavy atom. The Balaban J connectivity index is 4.22. The van der Waals surface area contributed by atoms with E-state index in [9.17, 15) is 9.59 Å². The topological polar surface area (TPSA) is 61.8 Å². The van der Waals surface area contributed by atoms with Gasteiger partial charge in [-0.2, -0.15) is 0 Å². The van der Waals surface area contributed by atoms with Crippen LogP contribution in [0.3, 0.4) is 0 Å². The number of carbonyl (C=O) groups is 2. The highest BCUT2D eigenvalue weighted by atomic mass is 16.6. The first kappa shape index (κ1) is 55.3. The summed E-state index contributed by atoms with van der Waals surface area (Å²) in [7, 11) is 0. The second kappa shape index (κ2) is 48.7. The van der Waals surface area contributed by atoms with Gasteiger partial charge < -0.3 is 14.2 Å². The Labute approximate surface area is 359 Å². The van der Waals surface area contributed by atoms with E-state index in [2.05, 4.69) is 93.7 Å². The highest BCUT2D eigenvalue weighted by Gasteiger charge is 2.17. The van der Waals surface area contributed by atoms with Gasteiger partial charge in [0.05, 0.1) is 6.61 Å². The summed E-state index contributed by atoms with van der Waals surface area (Å²) in [6.07, 6.45) is 61.9. The SMILES string of the molecule is CC/C=C\C/C=C\C/C=C\C/C=C\CCCCCCCCC(=O)OCC(COCCCCCCCCCC)OC(=O)CCCCCCC/C=C\C/C=C\CCCCC. The highest BCUT2D eigenvalue weighted by Crippen LogP contribution is 2.13. The zero-order valence-corrected chi connectivity index (χ0v) is 38.3. The number of hydrogen-bond donors (Lipinski definition) is 0. The van der Waals surface area contributed by atoms with E-state index in [1.165, 1.54) is 96.3 Å². The molecule has 1 atom stereocenters. The van der Waals surface area contributed by atoms with Crippen molar-refractivity contribution in [2.45, 2.75) is 232 Å². The van der Waals surface area contributed by atoms with Crippen LogP contribution in [0.1, 0.15) is 226 Å². The molecular weight excluding hydrogens is 717 g/mol. The lowest BCUT2D eigenvalue weighted by Gasteiger charge is -2.18. The quantitative estimate of drug-likeness (QED) is 0.0348. The van der Waals surface area contributed by atoms with Gasteiger partial charge >= 0.3 is 11.9 Å². The normalized spacial score (nSPS) is 12.8. The average Bonchev–Trinajstić information content (AvgIpc) is 3.22. The van der Waals surface area contributed by atoms with Crippen LogP contribution in [0.2, 0.25) is 0 Å². The van der Waals surface area contributed by atoms with Gasteiger partial charge in [-0.15, -0.1) is 0 Å². The molecule has 0 spiro atoms. The molecule has 0 amide bonds. The van der Waals surface area contributed by atoms with Crippen molar-refractivity contribution in [3.05, 3.63) is 72.9 Å². The van der Waals surface area contributed by atoms with Crippen LogP contribution in [-0.4, -0.2) is 37.9 Å². The number of unbranched alkanes of at least 4 members (excludes halogenated alkanes) is 21. The zero-order valence-electron chi connectivity index (χ0n) is 38.3. The fraction of sp³-hybridized carbons (Fsp3) is 0.736. The Hall–Kier alpha value is -2.66. The van der Waals surface area contributed by atoms with Crippen molar-refractivity contribution in [3.63, 3.8) is 0 Å². The third kappa shape index (κ3) is 46.0. The third-order valence-electron chi connectivity index (χ3n) is 10.2. The molecule has 334 valence electrons. The summed E-state index contributed by atoms with van der Waals surface area (Å²) < 4.78 is 17.3. The molecule has 0 aliphatic heterocycles. The molecular formula is C53H92O5. The van der Waals surface area contributed by atoms with Gasteiger partial charge in [-0.05, 0) is 89.9 Å². The minimum atomic E-state index is -0.548. The summed E-state index contributed by atoms with van der Waals surface area (Å²) >= 11 is 0. The summed E-state index contributed by atoms with van der Waals surface area (Å²) in [6, 6.07) is 0. The van der Waals surface area contributed by atoms with Gasteiger partial charge in [-0.3, -0.25) is 9.59 Å². The first-order valence-corrected chi connectivity index (χ1v) is 24.5. The third-order valence-corrected chi connectivity index (χ3v) is 10.2. The molecule has 5 nitrogen and oxygen atoms in total. The number of allylic oxidation sites excluding steroid dienone is 12. The van der Waals surface area contributed by atoms with Crippen LogP contribution in [0.4, 0.5) is 0 Å². The predicted molar refractivity (Wildman–Crippen MR) is 251 cm³/mol. The summed E-state index contributed by atoms with van der Waals surface area (Å²) in [5.41, 5.74) is 0.